The lowest BCUT2D eigenvalue weighted by Crippen LogP contribution is -2.14. The molecule has 0 spiro atoms. The number of benzene rings is 8. The van der Waals surface area contributed by atoms with Crippen LogP contribution >= 0.6 is 0 Å². The zero-order valence-electron chi connectivity index (χ0n) is 26.7. The van der Waals surface area contributed by atoms with Crippen LogP contribution in [0.1, 0.15) is 23.1 Å². The first-order chi connectivity index (χ1) is 24.3. The summed E-state index contributed by atoms with van der Waals surface area (Å²) in [5, 5.41) is 19.3. The molecule has 8 aromatic carbocycles. The summed E-state index contributed by atoms with van der Waals surface area (Å²) in [5.41, 5.74) is 10.2. The molecule has 10 rings (SSSR count). The predicted molar refractivity (Wildman–Crippen MR) is 203 cm³/mol. The van der Waals surface area contributed by atoms with Crippen LogP contribution in [0.5, 0.6) is 5.75 Å². The lowest BCUT2D eigenvalue weighted by Gasteiger charge is -2.20. The van der Waals surface area contributed by atoms with Crippen LogP contribution in [0.15, 0.2) is 158 Å². The number of hydrogen-bond acceptors (Lipinski definition) is 2. The fraction of sp³-hybridized carbons (Fsp3) is 0.0426. The van der Waals surface area contributed by atoms with Gasteiger partial charge in [0.05, 0.1) is 5.56 Å². The van der Waals surface area contributed by atoms with Gasteiger partial charge in [0, 0.05) is 39.5 Å². The van der Waals surface area contributed by atoms with E-state index in [-0.39, 0.29) is 6.10 Å². The SMILES string of the molecule is N#Cc1c2ccccc2c(C2=CCC3Oc4c(cccc4-c4c5ccccc5c(-c5ccccc5)c5ccccc45)C3=C2)c2ccccc12. The van der Waals surface area contributed by atoms with Crippen LogP contribution in [0.3, 0.4) is 0 Å². The normalized spacial score (nSPS) is 15.0. The summed E-state index contributed by atoms with van der Waals surface area (Å²) in [6.07, 6.45) is 5.36. The van der Waals surface area contributed by atoms with E-state index in [2.05, 4.69) is 152 Å². The zero-order chi connectivity index (χ0) is 32.5. The Balaban J connectivity index is 1.19. The van der Waals surface area contributed by atoms with E-state index in [1.54, 1.807) is 0 Å². The monoisotopic (exact) mass is 623 g/mol. The van der Waals surface area contributed by atoms with Crippen LogP contribution in [-0.2, 0) is 0 Å². The van der Waals surface area contributed by atoms with Crippen molar-refractivity contribution < 1.29 is 4.74 Å². The lowest BCUT2D eigenvalue weighted by molar-refractivity contribution is 0.280. The first-order valence-corrected chi connectivity index (χ1v) is 16.8. The van der Waals surface area contributed by atoms with Crippen LogP contribution < -0.4 is 4.74 Å². The van der Waals surface area contributed by atoms with E-state index in [4.69, 9.17) is 4.74 Å². The molecule has 1 unspecified atom stereocenters. The largest absolute Gasteiger partial charge is 0.484 e. The third-order valence-electron chi connectivity index (χ3n) is 10.4. The van der Waals surface area contributed by atoms with Crippen LogP contribution in [-0.4, -0.2) is 6.10 Å². The van der Waals surface area contributed by atoms with Gasteiger partial charge < -0.3 is 4.74 Å². The van der Waals surface area contributed by atoms with Gasteiger partial charge in [-0.3, -0.25) is 0 Å². The van der Waals surface area contributed by atoms with Gasteiger partial charge in [0.2, 0.25) is 0 Å². The molecule has 1 atom stereocenters. The number of ether oxygens (including phenoxy) is 1. The van der Waals surface area contributed by atoms with Crippen LogP contribution in [0.4, 0.5) is 0 Å². The second-order valence-electron chi connectivity index (χ2n) is 12.9. The average Bonchev–Trinajstić information content (AvgIpc) is 3.54. The van der Waals surface area contributed by atoms with Crippen LogP contribution in [0, 0.1) is 11.3 Å². The Morgan fingerprint density at radius 1 is 0.490 bits per heavy atom. The maximum absolute atomic E-state index is 10.2. The van der Waals surface area contributed by atoms with Gasteiger partial charge in [-0.2, -0.15) is 5.26 Å². The minimum absolute atomic E-state index is 0.0584. The van der Waals surface area contributed by atoms with Crippen molar-refractivity contribution in [3.63, 3.8) is 0 Å². The molecular formula is C47H29NO. The maximum Gasteiger partial charge on any atom is 0.135 e. The Morgan fingerprint density at radius 3 is 1.55 bits per heavy atom. The minimum Gasteiger partial charge on any atom is -0.484 e. The van der Waals surface area contributed by atoms with E-state index in [1.165, 1.54) is 54.9 Å². The van der Waals surface area contributed by atoms with Gasteiger partial charge in [-0.25, -0.2) is 0 Å². The van der Waals surface area contributed by atoms with Crippen molar-refractivity contribution in [2.75, 3.05) is 0 Å². The molecule has 2 nitrogen and oxygen atoms in total. The Kier molecular flexibility index (Phi) is 6.10. The number of nitriles is 1. The minimum atomic E-state index is -0.0584. The molecule has 0 bridgehead atoms. The molecule has 0 saturated heterocycles. The highest BCUT2D eigenvalue weighted by Gasteiger charge is 2.34. The van der Waals surface area contributed by atoms with E-state index in [9.17, 15) is 5.26 Å². The Labute approximate surface area is 284 Å². The summed E-state index contributed by atoms with van der Waals surface area (Å²) in [6, 6.07) is 54.0. The first-order valence-electron chi connectivity index (χ1n) is 16.8. The quantitative estimate of drug-likeness (QED) is 0.183. The van der Waals surface area contributed by atoms with E-state index >= 15 is 0 Å². The third-order valence-corrected chi connectivity index (χ3v) is 10.4. The number of nitrogens with zero attached hydrogens (tertiary/aromatic N) is 1. The molecule has 49 heavy (non-hydrogen) atoms. The second kappa shape index (κ2) is 10.8. The van der Waals surface area contributed by atoms with Crippen LogP contribution in [0.2, 0.25) is 0 Å². The molecule has 0 amide bonds. The first kappa shape index (κ1) is 27.7. The topological polar surface area (TPSA) is 33.0 Å². The van der Waals surface area contributed by atoms with E-state index in [0.717, 1.165) is 50.4 Å². The molecule has 1 heterocycles. The van der Waals surface area contributed by atoms with Gasteiger partial charge in [0.1, 0.15) is 17.9 Å². The summed E-state index contributed by atoms with van der Waals surface area (Å²) in [7, 11) is 0. The number of hydrogen-bond donors (Lipinski definition) is 0. The Morgan fingerprint density at radius 2 is 0.980 bits per heavy atom. The van der Waals surface area contributed by atoms with Gasteiger partial charge in [0.25, 0.3) is 0 Å². The van der Waals surface area contributed by atoms with Crippen molar-refractivity contribution in [1.82, 2.24) is 0 Å². The Bertz CT molecular complexity index is 2670. The van der Waals surface area contributed by atoms with E-state index in [1.807, 2.05) is 12.1 Å². The van der Waals surface area contributed by atoms with Gasteiger partial charge >= 0.3 is 0 Å². The second-order valence-corrected chi connectivity index (χ2v) is 12.9. The average molecular weight is 624 g/mol. The van der Waals surface area contributed by atoms with Gasteiger partial charge in [-0.1, -0.05) is 152 Å². The molecule has 2 heteroatoms. The summed E-state index contributed by atoms with van der Waals surface area (Å²) >= 11 is 0. The molecule has 0 fully saturated rings. The summed E-state index contributed by atoms with van der Waals surface area (Å²) in [5.74, 6) is 0.950. The maximum atomic E-state index is 10.2. The number of rotatable bonds is 3. The van der Waals surface area contributed by atoms with Crippen molar-refractivity contribution in [2.45, 2.75) is 12.5 Å². The summed E-state index contributed by atoms with van der Waals surface area (Å²) in [6.45, 7) is 0. The highest BCUT2D eigenvalue weighted by atomic mass is 16.5. The van der Waals surface area contributed by atoms with E-state index < -0.39 is 0 Å². The smallest absolute Gasteiger partial charge is 0.135 e. The predicted octanol–water partition coefficient (Wildman–Crippen LogP) is 12.1. The molecular weight excluding hydrogens is 595 g/mol. The fourth-order valence-electron chi connectivity index (χ4n) is 8.34. The Hall–Kier alpha value is -6.43. The number of fused-ring (bicyclic) bond motifs is 7. The lowest BCUT2D eigenvalue weighted by atomic mass is 9.83. The molecule has 228 valence electrons. The number of allylic oxidation sites excluding steroid dienone is 2. The summed E-state index contributed by atoms with van der Waals surface area (Å²) < 4.78 is 6.95. The molecule has 0 N–H and O–H groups in total. The zero-order valence-corrected chi connectivity index (χ0v) is 26.7. The highest BCUT2D eigenvalue weighted by molar-refractivity contribution is 6.22. The molecule has 1 aliphatic heterocycles. The summed E-state index contributed by atoms with van der Waals surface area (Å²) in [4.78, 5) is 0. The van der Waals surface area contributed by atoms with Gasteiger partial charge in [-0.05, 0) is 60.7 Å². The van der Waals surface area contributed by atoms with Crippen molar-refractivity contribution in [2.24, 2.45) is 0 Å². The molecule has 0 saturated carbocycles. The molecule has 2 aliphatic rings. The molecule has 0 radical (unpaired) electrons. The van der Waals surface area contributed by atoms with Crippen molar-refractivity contribution in [3.8, 4) is 34.1 Å². The molecule has 8 aromatic rings. The standard InChI is InChI=1S/C47H29NO/c48-28-42-31-15-4-6-17-33(31)45(34-18-7-5-16-32(34)42)30-25-26-43-41(27-30)39-23-12-24-40(47(39)49-43)46-37-21-10-8-19-35(37)44(29-13-2-1-3-14-29)36-20-9-11-22-38(36)46/h1-25,27,43H,26H2. The highest BCUT2D eigenvalue weighted by Crippen LogP contribution is 2.52. The van der Waals surface area contributed by atoms with Gasteiger partial charge in [-0.15, -0.1) is 0 Å². The van der Waals surface area contributed by atoms with Crippen molar-refractivity contribution in [1.29, 1.82) is 5.26 Å². The van der Waals surface area contributed by atoms with Crippen molar-refractivity contribution in [3.05, 3.63) is 174 Å². The fourth-order valence-corrected chi connectivity index (χ4v) is 8.34. The third kappa shape index (κ3) is 4.06. The van der Waals surface area contributed by atoms with Crippen LogP contribution in [0.25, 0.3) is 76.5 Å². The van der Waals surface area contributed by atoms with Gasteiger partial charge in [0.15, 0.2) is 0 Å². The van der Waals surface area contributed by atoms with E-state index in [0.29, 0.717) is 0 Å². The van der Waals surface area contributed by atoms with Crippen molar-refractivity contribution >= 4 is 54.2 Å². The molecule has 0 aromatic heterocycles. The molecule has 1 aliphatic carbocycles. The number of para-hydroxylation sites is 1.